The van der Waals surface area contributed by atoms with Crippen molar-refractivity contribution in [3.8, 4) is 0 Å². The van der Waals surface area contributed by atoms with Crippen LogP contribution in [0.4, 0.5) is 5.69 Å². The van der Waals surface area contributed by atoms with Crippen molar-refractivity contribution in [3.63, 3.8) is 0 Å². The van der Waals surface area contributed by atoms with E-state index < -0.39 is 0 Å². The van der Waals surface area contributed by atoms with Crippen LogP contribution in [0.1, 0.15) is 44.0 Å². The largest absolute Gasteiger partial charge is 0.376 e. The molecule has 1 heterocycles. The Morgan fingerprint density at radius 1 is 1.29 bits per heavy atom. The maximum atomic E-state index is 12.4. The van der Waals surface area contributed by atoms with E-state index in [1.807, 2.05) is 6.07 Å². The van der Waals surface area contributed by atoms with Gasteiger partial charge in [-0.1, -0.05) is 32.9 Å². The highest BCUT2D eigenvalue weighted by atomic mass is 32.2. The van der Waals surface area contributed by atoms with Crippen LogP contribution in [-0.4, -0.2) is 41.6 Å². The van der Waals surface area contributed by atoms with Gasteiger partial charge in [0.15, 0.2) is 0 Å². The van der Waals surface area contributed by atoms with Gasteiger partial charge in [0.2, 0.25) is 5.91 Å². The summed E-state index contributed by atoms with van der Waals surface area (Å²) in [5, 5.41) is 5.73. The number of benzene rings is 1. The van der Waals surface area contributed by atoms with Gasteiger partial charge < -0.3 is 15.4 Å². The molecule has 24 heavy (non-hydrogen) atoms. The summed E-state index contributed by atoms with van der Waals surface area (Å²) in [4.78, 5) is 24.5. The first kappa shape index (κ1) is 18.8. The first-order chi connectivity index (χ1) is 11.3. The van der Waals surface area contributed by atoms with Crippen LogP contribution in [0.5, 0.6) is 0 Å². The lowest BCUT2D eigenvalue weighted by atomic mass is 10.1. The van der Waals surface area contributed by atoms with Gasteiger partial charge in [-0.3, -0.25) is 9.59 Å². The second-order valence-electron chi connectivity index (χ2n) is 6.84. The van der Waals surface area contributed by atoms with Crippen molar-refractivity contribution in [2.75, 3.05) is 24.2 Å². The normalized spacial score (nSPS) is 17.5. The van der Waals surface area contributed by atoms with Crippen LogP contribution in [0.15, 0.2) is 24.3 Å². The van der Waals surface area contributed by atoms with Crippen molar-refractivity contribution >= 4 is 29.3 Å². The monoisotopic (exact) mass is 350 g/mol. The zero-order chi connectivity index (χ0) is 17.6. The van der Waals surface area contributed by atoms with Crippen molar-refractivity contribution in [1.29, 1.82) is 0 Å². The van der Waals surface area contributed by atoms with Crippen LogP contribution in [0.2, 0.25) is 0 Å². The molecule has 2 N–H and O–H groups in total. The Morgan fingerprint density at radius 2 is 2.04 bits per heavy atom. The minimum Gasteiger partial charge on any atom is -0.376 e. The summed E-state index contributed by atoms with van der Waals surface area (Å²) in [5.41, 5.74) is 1.02. The molecule has 0 spiro atoms. The number of hydrogen-bond acceptors (Lipinski definition) is 4. The minimum absolute atomic E-state index is 0.0233. The number of anilines is 1. The Hall–Kier alpha value is -1.53. The minimum atomic E-state index is -0.190. The van der Waals surface area contributed by atoms with Gasteiger partial charge in [0.1, 0.15) is 0 Å². The quantitative estimate of drug-likeness (QED) is 0.827. The second kappa shape index (κ2) is 8.53. The molecular formula is C18H26N2O3S. The molecule has 0 aliphatic carbocycles. The van der Waals surface area contributed by atoms with Crippen LogP contribution < -0.4 is 10.6 Å². The molecule has 5 nitrogen and oxygen atoms in total. The number of hydrogen-bond donors (Lipinski definition) is 2. The summed E-state index contributed by atoms with van der Waals surface area (Å²) in [6.45, 7) is 7.46. The summed E-state index contributed by atoms with van der Waals surface area (Å²) in [7, 11) is 0. The average molecular weight is 350 g/mol. The zero-order valence-corrected chi connectivity index (χ0v) is 15.4. The molecule has 132 valence electrons. The van der Waals surface area contributed by atoms with Gasteiger partial charge >= 0.3 is 0 Å². The molecule has 0 radical (unpaired) electrons. The van der Waals surface area contributed by atoms with Crippen LogP contribution >= 0.6 is 11.8 Å². The van der Waals surface area contributed by atoms with Crippen molar-refractivity contribution in [2.24, 2.45) is 0 Å². The summed E-state index contributed by atoms with van der Waals surface area (Å²) >= 11 is 1.57. The number of nitrogens with one attached hydrogen (secondary N) is 2. The smallest absolute Gasteiger partial charge is 0.253 e. The molecule has 1 saturated heterocycles. The third-order valence-electron chi connectivity index (χ3n) is 3.60. The predicted octanol–water partition coefficient (Wildman–Crippen LogP) is 3.07. The van der Waals surface area contributed by atoms with Crippen LogP contribution in [-0.2, 0) is 9.53 Å². The van der Waals surface area contributed by atoms with E-state index in [1.54, 1.807) is 30.0 Å². The first-order valence-corrected chi connectivity index (χ1v) is 9.26. The molecule has 0 saturated carbocycles. The molecule has 0 unspecified atom stereocenters. The number of rotatable bonds is 6. The van der Waals surface area contributed by atoms with Gasteiger partial charge in [-0.25, -0.2) is 0 Å². The Bertz CT molecular complexity index is 578. The number of carbonyl (C=O) groups excluding carboxylic acids is 2. The van der Waals surface area contributed by atoms with E-state index in [0.29, 0.717) is 23.5 Å². The fourth-order valence-corrected chi connectivity index (χ4v) is 3.00. The van der Waals surface area contributed by atoms with Gasteiger partial charge in [-0.2, -0.15) is 0 Å². The molecule has 6 heteroatoms. The Labute approximate surface area is 147 Å². The van der Waals surface area contributed by atoms with Gasteiger partial charge in [0, 0.05) is 17.9 Å². The summed E-state index contributed by atoms with van der Waals surface area (Å²) < 4.78 is 5.53. The van der Waals surface area contributed by atoms with Gasteiger partial charge in [0.25, 0.3) is 5.91 Å². The topological polar surface area (TPSA) is 67.4 Å². The van der Waals surface area contributed by atoms with Crippen molar-refractivity contribution < 1.29 is 14.3 Å². The highest BCUT2D eigenvalue weighted by Crippen LogP contribution is 2.23. The second-order valence-corrected chi connectivity index (χ2v) is 8.64. The number of para-hydroxylation sites is 1. The lowest BCUT2D eigenvalue weighted by Gasteiger charge is -2.17. The van der Waals surface area contributed by atoms with E-state index in [4.69, 9.17) is 4.74 Å². The maximum absolute atomic E-state index is 12.4. The third kappa shape index (κ3) is 6.17. The number of amides is 2. The standard InChI is InChI=1S/C18H26N2O3S/c1-18(2,3)24-12-16(21)20-15-9-5-4-8-14(15)17(22)19-11-13-7-6-10-23-13/h4-5,8-9,13H,6-7,10-12H2,1-3H3,(H,19,22)(H,20,21)/t13-/m1/s1. The summed E-state index contributed by atoms with van der Waals surface area (Å²) in [5.74, 6) is 0.0641. The molecule has 1 aromatic carbocycles. The lowest BCUT2D eigenvalue weighted by molar-refractivity contribution is -0.113. The molecule has 1 aliphatic heterocycles. The van der Waals surface area contributed by atoms with Crippen LogP contribution in [0.3, 0.4) is 0 Å². The van der Waals surface area contributed by atoms with Crippen molar-refractivity contribution in [3.05, 3.63) is 29.8 Å². The van der Waals surface area contributed by atoms with E-state index >= 15 is 0 Å². The van der Waals surface area contributed by atoms with Crippen molar-refractivity contribution in [2.45, 2.75) is 44.5 Å². The summed E-state index contributed by atoms with van der Waals surface area (Å²) in [6.07, 6.45) is 2.11. The van der Waals surface area contributed by atoms with Crippen molar-refractivity contribution in [1.82, 2.24) is 5.32 Å². The highest BCUT2D eigenvalue weighted by molar-refractivity contribution is 8.01. The average Bonchev–Trinajstić information content (AvgIpc) is 3.04. The molecule has 2 rings (SSSR count). The Balaban J connectivity index is 1.93. The van der Waals surface area contributed by atoms with E-state index in [0.717, 1.165) is 19.4 Å². The lowest BCUT2D eigenvalue weighted by Crippen LogP contribution is -2.32. The van der Waals surface area contributed by atoms with Crippen LogP contribution in [0.25, 0.3) is 0 Å². The van der Waals surface area contributed by atoms with E-state index in [1.165, 1.54) is 0 Å². The van der Waals surface area contributed by atoms with E-state index in [-0.39, 0.29) is 22.7 Å². The molecule has 1 aliphatic rings. The Kier molecular flexibility index (Phi) is 6.69. The fraction of sp³-hybridized carbons (Fsp3) is 0.556. The van der Waals surface area contributed by atoms with Gasteiger partial charge in [-0.05, 0) is 25.0 Å². The van der Waals surface area contributed by atoms with E-state index in [9.17, 15) is 9.59 Å². The SMILES string of the molecule is CC(C)(C)SCC(=O)Nc1ccccc1C(=O)NC[C@H]1CCCO1. The fourth-order valence-electron chi connectivity index (χ4n) is 2.37. The van der Waals surface area contributed by atoms with Crippen LogP contribution in [0, 0.1) is 0 Å². The molecule has 1 fully saturated rings. The predicted molar refractivity (Wildman–Crippen MR) is 98.6 cm³/mol. The molecular weight excluding hydrogens is 324 g/mol. The molecule has 2 amide bonds. The number of carbonyl (C=O) groups is 2. The molecule has 0 aromatic heterocycles. The third-order valence-corrected chi connectivity index (χ3v) is 4.87. The maximum Gasteiger partial charge on any atom is 0.253 e. The highest BCUT2D eigenvalue weighted by Gasteiger charge is 2.19. The first-order valence-electron chi connectivity index (χ1n) is 8.28. The van der Waals surface area contributed by atoms with Gasteiger partial charge in [-0.15, -0.1) is 11.8 Å². The van der Waals surface area contributed by atoms with Gasteiger partial charge in [0.05, 0.1) is 23.1 Å². The number of ether oxygens (including phenoxy) is 1. The summed E-state index contributed by atoms with van der Waals surface area (Å²) in [6, 6.07) is 7.07. The number of thioether (sulfide) groups is 1. The van der Waals surface area contributed by atoms with E-state index in [2.05, 4.69) is 31.4 Å². The molecule has 1 atom stereocenters. The molecule has 0 bridgehead atoms. The Morgan fingerprint density at radius 3 is 2.71 bits per heavy atom. The molecule has 1 aromatic rings. The zero-order valence-electron chi connectivity index (χ0n) is 14.6.